The van der Waals surface area contributed by atoms with Crippen LogP contribution in [0.1, 0.15) is 16.1 Å². The van der Waals surface area contributed by atoms with E-state index in [4.69, 9.17) is 5.14 Å². The molecule has 7 nitrogen and oxygen atoms in total. The lowest BCUT2D eigenvalue weighted by molar-refractivity contribution is 0.0595. The summed E-state index contributed by atoms with van der Waals surface area (Å²) in [6.07, 6.45) is 0. The Morgan fingerprint density at radius 1 is 1.53 bits per heavy atom. The third-order valence-electron chi connectivity index (χ3n) is 1.83. The second kappa shape index (κ2) is 3.63. The molecule has 8 heteroatoms. The second-order valence-corrected chi connectivity index (χ2v) is 4.40. The lowest BCUT2D eigenvalue weighted by atomic mass is 10.3. The number of carbonyl (C=O) groups excluding carboxylic acids is 1. The van der Waals surface area contributed by atoms with Gasteiger partial charge in [0, 0.05) is 7.05 Å². The van der Waals surface area contributed by atoms with Gasteiger partial charge in [-0.2, -0.15) is 5.10 Å². The van der Waals surface area contributed by atoms with Gasteiger partial charge in [0.25, 0.3) is 10.0 Å². The van der Waals surface area contributed by atoms with E-state index in [1.807, 2.05) is 0 Å². The summed E-state index contributed by atoms with van der Waals surface area (Å²) in [5.41, 5.74) is 0.135. The highest BCUT2D eigenvalue weighted by Gasteiger charge is 2.27. The van der Waals surface area contributed by atoms with Gasteiger partial charge in [-0.25, -0.2) is 18.4 Å². The number of methoxy groups -OCH3 is 1. The smallest absolute Gasteiger partial charge is 0.342 e. The molecule has 15 heavy (non-hydrogen) atoms. The molecule has 1 aromatic rings. The van der Waals surface area contributed by atoms with Crippen molar-refractivity contribution < 1.29 is 17.9 Å². The average Bonchev–Trinajstić information content (AvgIpc) is 2.38. The molecule has 0 aliphatic heterocycles. The van der Waals surface area contributed by atoms with E-state index in [-0.39, 0.29) is 16.3 Å². The Hall–Kier alpha value is -1.41. The number of hydrogen-bond acceptors (Lipinski definition) is 5. The monoisotopic (exact) mass is 233 g/mol. The highest BCUT2D eigenvalue weighted by molar-refractivity contribution is 7.89. The molecule has 0 unspecified atom stereocenters. The van der Waals surface area contributed by atoms with Gasteiger partial charge in [-0.3, -0.25) is 4.68 Å². The lowest BCUT2D eigenvalue weighted by Crippen LogP contribution is -2.20. The van der Waals surface area contributed by atoms with Gasteiger partial charge in [-0.15, -0.1) is 0 Å². The number of nitrogens with zero attached hydrogens (tertiary/aromatic N) is 2. The van der Waals surface area contributed by atoms with Crippen molar-refractivity contribution in [3.8, 4) is 0 Å². The first-order valence-corrected chi connectivity index (χ1v) is 5.48. The minimum Gasteiger partial charge on any atom is -0.465 e. The molecular formula is C7H11N3O4S. The Kier molecular flexibility index (Phi) is 2.82. The number of esters is 1. The van der Waals surface area contributed by atoms with E-state index in [1.54, 1.807) is 0 Å². The molecular weight excluding hydrogens is 222 g/mol. The largest absolute Gasteiger partial charge is 0.465 e. The molecule has 0 spiro atoms. The molecule has 84 valence electrons. The van der Waals surface area contributed by atoms with Crippen molar-refractivity contribution in [1.29, 1.82) is 0 Å². The molecule has 0 aliphatic carbocycles. The molecule has 0 saturated carbocycles. The summed E-state index contributed by atoms with van der Waals surface area (Å²) in [6, 6.07) is 0. The maximum Gasteiger partial charge on any atom is 0.342 e. The zero-order chi connectivity index (χ0) is 11.8. The fourth-order valence-corrected chi connectivity index (χ4v) is 2.23. The quantitative estimate of drug-likeness (QED) is 0.671. The fraction of sp³-hybridized carbons (Fsp3) is 0.429. The Balaban J connectivity index is 3.58. The van der Waals surface area contributed by atoms with Gasteiger partial charge >= 0.3 is 5.97 Å². The molecule has 1 rings (SSSR count). The number of nitrogens with two attached hydrogens (primary N) is 1. The molecule has 0 aliphatic rings. The van der Waals surface area contributed by atoms with Crippen molar-refractivity contribution in [3.63, 3.8) is 0 Å². The summed E-state index contributed by atoms with van der Waals surface area (Å²) in [5.74, 6) is -0.773. The molecule has 0 aromatic carbocycles. The third-order valence-corrected chi connectivity index (χ3v) is 2.84. The summed E-state index contributed by atoms with van der Waals surface area (Å²) in [7, 11) is -1.46. The highest BCUT2D eigenvalue weighted by Crippen LogP contribution is 2.17. The maximum absolute atomic E-state index is 11.3. The molecule has 1 heterocycles. The topological polar surface area (TPSA) is 104 Å². The molecule has 0 amide bonds. The van der Waals surface area contributed by atoms with Crippen LogP contribution in [-0.4, -0.2) is 31.3 Å². The minimum absolute atomic E-state index is 0.123. The zero-order valence-corrected chi connectivity index (χ0v) is 9.33. The van der Waals surface area contributed by atoms with E-state index in [9.17, 15) is 13.2 Å². The van der Waals surface area contributed by atoms with Crippen molar-refractivity contribution in [1.82, 2.24) is 9.78 Å². The average molecular weight is 233 g/mol. The number of hydrogen-bond donors (Lipinski definition) is 1. The number of primary sulfonamides is 1. The van der Waals surface area contributed by atoms with Crippen LogP contribution in [0.2, 0.25) is 0 Å². The standard InChI is InChI=1S/C7H11N3O4S/c1-4-5(7(11)14-3)6(10(2)9-4)15(8,12)13/h1-3H3,(H2,8,12,13). The van der Waals surface area contributed by atoms with Crippen molar-refractivity contribution in [2.45, 2.75) is 11.9 Å². The van der Waals surface area contributed by atoms with Gasteiger partial charge in [-0.1, -0.05) is 0 Å². The van der Waals surface area contributed by atoms with Crippen LogP contribution in [0.3, 0.4) is 0 Å². The van der Waals surface area contributed by atoms with Crippen molar-refractivity contribution in [2.24, 2.45) is 12.2 Å². The van der Waals surface area contributed by atoms with Gasteiger partial charge in [0.2, 0.25) is 0 Å². The number of aromatic nitrogens is 2. The summed E-state index contributed by atoms with van der Waals surface area (Å²) in [4.78, 5) is 11.3. The summed E-state index contributed by atoms with van der Waals surface area (Å²) >= 11 is 0. The van der Waals surface area contributed by atoms with Crippen molar-refractivity contribution >= 4 is 16.0 Å². The molecule has 2 N–H and O–H groups in total. The van der Waals surface area contributed by atoms with Gasteiger partial charge in [0.05, 0.1) is 12.8 Å². The Morgan fingerprint density at radius 2 is 2.07 bits per heavy atom. The van der Waals surface area contributed by atoms with Crippen LogP contribution in [0, 0.1) is 6.92 Å². The summed E-state index contributed by atoms with van der Waals surface area (Å²) in [6.45, 7) is 1.50. The van der Waals surface area contributed by atoms with Crippen molar-refractivity contribution in [3.05, 3.63) is 11.3 Å². The SMILES string of the molecule is COC(=O)c1c(C)nn(C)c1S(N)(=O)=O. The first-order valence-electron chi connectivity index (χ1n) is 3.93. The predicted octanol–water partition coefficient (Wildman–Crippen LogP) is -0.837. The van der Waals surface area contributed by atoms with E-state index in [0.29, 0.717) is 0 Å². The number of carbonyl (C=O) groups is 1. The normalized spacial score (nSPS) is 11.5. The van der Waals surface area contributed by atoms with Crippen LogP contribution < -0.4 is 5.14 Å². The highest BCUT2D eigenvalue weighted by atomic mass is 32.2. The van der Waals surface area contributed by atoms with Crippen molar-refractivity contribution in [2.75, 3.05) is 7.11 Å². The Morgan fingerprint density at radius 3 is 2.47 bits per heavy atom. The second-order valence-electron chi connectivity index (χ2n) is 2.93. The fourth-order valence-electron chi connectivity index (χ4n) is 1.30. The van der Waals surface area contributed by atoms with Gasteiger partial charge in [0.15, 0.2) is 5.03 Å². The number of rotatable bonds is 2. The van der Waals surface area contributed by atoms with Crippen LogP contribution in [0.15, 0.2) is 5.03 Å². The van der Waals surface area contributed by atoms with E-state index in [2.05, 4.69) is 9.84 Å². The molecule has 0 radical (unpaired) electrons. The molecule has 1 aromatic heterocycles. The minimum atomic E-state index is -4.00. The van der Waals surface area contributed by atoms with E-state index < -0.39 is 16.0 Å². The third kappa shape index (κ3) is 2.00. The number of sulfonamides is 1. The van der Waals surface area contributed by atoms with Crippen LogP contribution in [-0.2, 0) is 21.8 Å². The summed E-state index contributed by atoms with van der Waals surface area (Å²) < 4.78 is 27.9. The summed E-state index contributed by atoms with van der Waals surface area (Å²) in [5, 5.41) is 8.43. The Bertz CT molecular complexity index is 503. The number of aryl methyl sites for hydroxylation is 2. The van der Waals surface area contributed by atoms with Gasteiger partial charge in [-0.05, 0) is 6.92 Å². The maximum atomic E-state index is 11.3. The van der Waals surface area contributed by atoms with Crippen LogP contribution in [0.25, 0.3) is 0 Å². The number of ether oxygens (including phenoxy) is 1. The van der Waals surface area contributed by atoms with Crippen LogP contribution >= 0.6 is 0 Å². The molecule has 0 saturated heterocycles. The molecule has 0 fully saturated rings. The first-order chi connectivity index (χ1) is 6.79. The zero-order valence-electron chi connectivity index (χ0n) is 8.51. The predicted molar refractivity (Wildman–Crippen MR) is 50.7 cm³/mol. The van der Waals surface area contributed by atoms with Crippen LogP contribution in [0.5, 0.6) is 0 Å². The van der Waals surface area contributed by atoms with Gasteiger partial charge < -0.3 is 4.74 Å². The van der Waals surface area contributed by atoms with E-state index >= 15 is 0 Å². The van der Waals surface area contributed by atoms with Gasteiger partial charge in [0.1, 0.15) is 5.56 Å². The van der Waals surface area contributed by atoms with E-state index in [1.165, 1.54) is 14.0 Å². The molecule has 0 atom stereocenters. The first kappa shape index (κ1) is 11.7. The Labute approximate surface area is 86.9 Å². The van der Waals surface area contributed by atoms with Crippen LogP contribution in [0.4, 0.5) is 0 Å². The lowest BCUT2D eigenvalue weighted by Gasteiger charge is -2.01. The van der Waals surface area contributed by atoms with E-state index in [0.717, 1.165) is 11.8 Å². The molecule has 0 bridgehead atoms.